The summed E-state index contributed by atoms with van der Waals surface area (Å²) in [6, 6.07) is 13.3. The van der Waals surface area contributed by atoms with E-state index >= 15 is 0 Å². The van der Waals surface area contributed by atoms with Crippen LogP contribution < -0.4 is 9.64 Å². The summed E-state index contributed by atoms with van der Waals surface area (Å²) in [5.74, 6) is 0.0896. The molecule has 0 unspecified atom stereocenters. The van der Waals surface area contributed by atoms with Crippen LogP contribution in [0.4, 0.5) is 18.9 Å². The molecule has 2 aromatic rings. The van der Waals surface area contributed by atoms with Gasteiger partial charge >= 0.3 is 6.18 Å². The number of amides is 1. The Bertz CT molecular complexity index is 785. The van der Waals surface area contributed by atoms with Crippen molar-refractivity contribution in [1.82, 2.24) is 0 Å². The Labute approximate surface area is 143 Å². The largest absolute Gasteiger partial charge is 0.493 e. The molecule has 1 amide bonds. The first kappa shape index (κ1) is 17.1. The highest BCUT2D eigenvalue weighted by Crippen LogP contribution is 2.27. The van der Waals surface area contributed by atoms with E-state index < -0.39 is 18.6 Å². The molecule has 130 valence electrons. The number of nitrogens with zero attached hydrogens (tertiary/aromatic N) is 1. The van der Waals surface area contributed by atoms with Crippen LogP contribution >= 0.6 is 0 Å². The molecule has 1 aliphatic heterocycles. The Morgan fingerprint density at radius 1 is 1.16 bits per heavy atom. The summed E-state index contributed by atoms with van der Waals surface area (Å²) in [5, 5.41) is 0. The number of para-hydroxylation sites is 1. The summed E-state index contributed by atoms with van der Waals surface area (Å²) in [6.45, 7) is -0.715. The number of carbonyl (C=O) groups is 1. The van der Waals surface area contributed by atoms with Crippen LogP contribution in [-0.2, 0) is 11.2 Å². The minimum Gasteiger partial charge on any atom is -0.493 e. The minimum absolute atomic E-state index is 0.205. The van der Waals surface area contributed by atoms with Gasteiger partial charge in [-0.3, -0.25) is 9.69 Å². The molecule has 0 radical (unpaired) electrons. The number of rotatable bonds is 4. The molecule has 3 nitrogen and oxygen atoms in total. The summed E-state index contributed by atoms with van der Waals surface area (Å²) in [5.41, 5.74) is 1.99. The Morgan fingerprint density at radius 3 is 2.64 bits per heavy atom. The van der Waals surface area contributed by atoms with Crippen molar-refractivity contribution >= 4 is 17.7 Å². The number of anilines is 1. The molecule has 0 atom stereocenters. The van der Waals surface area contributed by atoms with Crippen LogP contribution in [0.15, 0.2) is 54.6 Å². The number of alkyl halides is 3. The van der Waals surface area contributed by atoms with Crippen molar-refractivity contribution in [2.75, 3.05) is 18.1 Å². The van der Waals surface area contributed by atoms with E-state index in [2.05, 4.69) is 0 Å². The summed E-state index contributed by atoms with van der Waals surface area (Å²) in [6.07, 6.45) is -1.01. The number of hydrogen-bond acceptors (Lipinski definition) is 2. The SMILES string of the molecule is O=C(C=Cc1ccc2c(c1)CCO2)N(CC(F)(F)F)c1ccccc1. The number of halogens is 3. The molecule has 0 bridgehead atoms. The van der Waals surface area contributed by atoms with Crippen molar-refractivity contribution in [2.45, 2.75) is 12.6 Å². The second-order valence-electron chi connectivity index (χ2n) is 5.67. The zero-order valence-electron chi connectivity index (χ0n) is 13.3. The highest BCUT2D eigenvalue weighted by molar-refractivity contribution is 6.03. The van der Waals surface area contributed by atoms with Crippen molar-refractivity contribution in [3.63, 3.8) is 0 Å². The van der Waals surface area contributed by atoms with Crippen LogP contribution in [0.2, 0.25) is 0 Å². The first-order valence-electron chi connectivity index (χ1n) is 7.79. The second-order valence-corrected chi connectivity index (χ2v) is 5.67. The third-order valence-corrected chi connectivity index (χ3v) is 3.80. The smallest absolute Gasteiger partial charge is 0.406 e. The monoisotopic (exact) mass is 347 g/mol. The van der Waals surface area contributed by atoms with Crippen LogP contribution in [0.5, 0.6) is 5.75 Å². The first-order chi connectivity index (χ1) is 11.9. The number of ether oxygens (including phenoxy) is 1. The third-order valence-electron chi connectivity index (χ3n) is 3.80. The van der Waals surface area contributed by atoms with Crippen molar-refractivity contribution in [2.24, 2.45) is 0 Å². The maximum atomic E-state index is 12.8. The Hall–Kier alpha value is -2.76. The van der Waals surface area contributed by atoms with Gasteiger partial charge in [0.1, 0.15) is 12.3 Å². The Morgan fingerprint density at radius 2 is 1.92 bits per heavy atom. The van der Waals surface area contributed by atoms with Gasteiger partial charge in [0, 0.05) is 18.2 Å². The van der Waals surface area contributed by atoms with E-state index in [1.165, 1.54) is 18.2 Å². The summed E-state index contributed by atoms with van der Waals surface area (Å²) < 4.78 is 43.9. The lowest BCUT2D eigenvalue weighted by Gasteiger charge is -2.22. The zero-order chi connectivity index (χ0) is 17.9. The highest BCUT2D eigenvalue weighted by Gasteiger charge is 2.33. The molecular weight excluding hydrogens is 331 g/mol. The Kier molecular flexibility index (Phi) is 4.79. The van der Waals surface area contributed by atoms with Crippen molar-refractivity contribution in [3.05, 3.63) is 65.7 Å². The molecule has 0 aromatic heterocycles. The molecular formula is C19H16F3NO2. The lowest BCUT2D eigenvalue weighted by Crippen LogP contribution is -2.38. The average molecular weight is 347 g/mol. The summed E-state index contributed by atoms with van der Waals surface area (Å²) >= 11 is 0. The molecule has 0 saturated heterocycles. The average Bonchev–Trinajstić information content (AvgIpc) is 3.05. The third kappa shape index (κ3) is 4.41. The predicted octanol–water partition coefficient (Wildman–Crippen LogP) is 4.23. The zero-order valence-corrected chi connectivity index (χ0v) is 13.3. The number of benzene rings is 2. The van der Waals surface area contributed by atoms with Crippen molar-refractivity contribution in [1.29, 1.82) is 0 Å². The molecule has 0 N–H and O–H groups in total. The van der Waals surface area contributed by atoms with E-state index in [-0.39, 0.29) is 5.69 Å². The fourth-order valence-electron chi connectivity index (χ4n) is 2.65. The number of hydrogen-bond donors (Lipinski definition) is 0. The summed E-state index contributed by atoms with van der Waals surface area (Å²) in [4.78, 5) is 13.1. The molecule has 25 heavy (non-hydrogen) atoms. The van der Waals surface area contributed by atoms with E-state index in [0.29, 0.717) is 11.5 Å². The van der Waals surface area contributed by atoms with Crippen LogP contribution in [0, 0.1) is 0 Å². The van der Waals surface area contributed by atoms with Gasteiger partial charge in [0.05, 0.1) is 6.61 Å². The maximum Gasteiger partial charge on any atom is 0.406 e. The van der Waals surface area contributed by atoms with Gasteiger partial charge in [0.2, 0.25) is 0 Å². The highest BCUT2D eigenvalue weighted by atomic mass is 19.4. The number of fused-ring (bicyclic) bond motifs is 1. The molecule has 0 saturated carbocycles. The molecule has 1 aliphatic rings. The van der Waals surface area contributed by atoms with E-state index in [1.54, 1.807) is 30.3 Å². The molecule has 0 spiro atoms. The van der Waals surface area contributed by atoms with Gasteiger partial charge in [0.25, 0.3) is 5.91 Å². The maximum absolute atomic E-state index is 12.8. The van der Waals surface area contributed by atoms with Crippen LogP contribution in [-0.4, -0.2) is 25.2 Å². The van der Waals surface area contributed by atoms with Gasteiger partial charge in [-0.15, -0.1) is 0 Å². The van der Waals surface area contributed by atoms with Gasteiger partial charge < -0.3 is 4.74 Å². The van der Waals surface area contributed by atoms with Crippen LogP contribution in [0.1, 0.15) is 11.1 Å². The van der Waals surface area contributed by atoms with Gasteiger partial charge in [-0.1, -0.05) is 24.3 Å². The second kappa shape index (κ2) is 7.01. The molecule has 2 aromatic carbocycles. The minimum atomic E-state index is -4.48. The van der Waals surface area contributed by atoms with Crippen LogP contribution in [0.3, 0.4) is 0 Å². The van der Waals surface area contributed by atoms with Gasteiger partial charge in [0.15, 0.2) is 0 Å². The Balaban J connectivity index is 1.80. The topological polar surface area (TPSA) is 29.5 Å². The van der Waals surface area contributed by atoms with E-state index in [9.17, 15) is 18.0 Å². The molecule has 1 heterocycles. The van der Waals surface area contributed by atoms with Crippen molar-refractivity contribution < 1.29 is 22.7 Å². The fourth-order valence-corrected chi connectivity index (χ4v) is 2.65. The lowest BCUT2D eigenvalue weighted by atomic mass is 10.1. The normalized spacial score (nSPS) is 13.6. The standard InChI is InChI=1S/C19H16F3NO2/c20-19(21,22)13-23(16-4-2-1-3-5-16)18(24)9-7-14-6-8-17-15(12-14)10-11-25-17/h1-9,12H,10-11,13H2. The van der Waals surface area contributed by atoms with Crippen molar-refractivity contribution in [3.8, 4) is 5.75 Å². The molecule has 0 aliphatic carbocycles. The first-order valence-corrected chi connectivity index (χ1v) is 7.79. The van der Waals surface area contributed by atoms with E-state index in [1.807, 2.05) is 6.07 Å². The molecule has 3 rings (SSSR count). The quantitative estimate of drug-likeness (QED) is 0.775. The van der Waals surface area contributed by atoms with E-state index in [0.717, 1.165) is 29.4 Å². The summed E-state index contributed by atoms with van der Waals surface area (Å²) in [7, 11) is 0. The van der Waals surface area contributed by atoms with Gasteiger partial charge in [-0.25, -0.2) is 0 Å². The lowest BCUT2D eigenvalue weighted by molar-refractivity contribution is -0.129. The molecule has 0 fully saturated rings. The predicted molar refractivity (Wildman–Crippen MR) is 89.5 cm³/mol. The van der Waals surface area contributed by atoms with Gasteiger partial charge in [-0.2, -0.15) is 13.2 Å². The van der Waals surface area contributed by atoms with Gasteiger partial charge in [-0.05, 0) is 41.5 Å². The van der Waals surface area contributed by atoms with E-state index in [4.69, 9.17) is 4.74 Å². The number of carbonyl (C=O) groups excluding carboxylic acids is 1. The fraction of sp³-hybridized carbons (Fsp3) is 0.211. The van der Waals surface area contributed by atoms with Crippen LogP contribution in [0.25, 0.3) is 6.08 Å². The molecule has 6 heteroatoms.